The largest absolute Gasteiger partial charge is 0.378 e. The maximum Gasteiger partial charge on any atom is 0.142 e. The van der Waals surface area contributed by atoms with Gasteiger partial charge in [0.05, 0.1) is 19.3 Å². The van der Waals surface area contributed by atoms with E-state index >= 15 is 0 Å². The van der Waals surface area contributed by atoms with Gasteiger partial charge in [-0.3, -0.25) is 0 Å². The molecule has 1 aliphatic heterocycles. The van der Waals surface area contributed by atoms with Gasteiger partial charge in [0, 0.05) is 5.41 Å². The van der Waals surface area contributed by atoms with E-state index in [0.29, 0.717) is 13.2 Å². The number of alkyl halides is 1. The molecule has 0 aromatic carbocycles. The SMILES string of the molecule is CC1(C)COCC1(Br)C#N. The van der Waals surface area contributed by atoms with E-state index in [2.05, 4.69) is 22.0 Å². The lowest BCUT2D eigenvalue weighted by Gasteiger charge is -2.26. The highest BCUT2D eigenvalue weighted by Gasteiger charge is 2.48. The van der Waals surface area contributed by atoms with Crippen LogP contribution in [-0.2, 0) is 4.74 Å². The molecule has 1 unspecified atom stereocenters. The summed E-state index contributed by atoms with van der Waals surface area (Å²) in [6.07, 6.45) is 0. The predicted molar refractivity (Wildman–Crippen MR) is 41.9 cm³/mol. The highest BCUT2D eigenvalue weighted by molar-refractivity contribution is 9.10. The Morgan fingerprint density at radius 3 is 2.30 bits per heavy atom. The Balaban J connectivity index is 2.89. The molecule has 0 N–H and O–H groups in total. The molecule has 1 aliphatic rings. The van der Waals surface area contributed by atoms with Crippen molar-refractivity contribution in [3.05, 3.63) is 0 Å². The minimum atomic E-state index is -0.472. The fourth-order valence-electron chi connectivity index (χ4n) is 0.940. The lowest BCUT2D eigenvalue weighted by Crippen LogP contribution is -2.35. The van der Waals surface area contributed by atoms with Crippen LogP contribution in [0.25, 0.3) is 0 Å². The molecular weight excluding hydrogens is 194 g/mol. The molecule has 0 aromatic heterocycles. The van der Waals surface area contributed by atoms with Gasteiger partial charge in [-0.1, -0.05) is 29.8 Å². The van der Waals surface area contributed by atoms with Crippen LogP contribution in [0.5, 0.6) is 0 Å². The van der Waals surface area contributed by atoms with Gasteiger partial charge in [0.15, 0.2) is 0 Å². The number of halogens is 1. The molecule has 1 saturated heterocycles. The standard InChI is InChI=1S/C7H10BrNO/c1-6(2)4-10-5-7(6,8)3-9/h4-5H2,1-2H3. The first-order valence-electron chi connectivity index (χ1n) is 3.20. The first-order chi connectivity index (χ1) is 4.52. The van der Waals surface area contributed by atoms with Crippen LogP contribution in [-0.4, -0.2) is 17.5 Å². The number of nitriles is 1. The van der Waals surface area contributed by atoms with Crippen LogP contribution in [0.4, 0.5) is 0 Å². The van der Waals surface area contributed by atoms with Crippen molar-refractivity contribution in [1.29, 1.82) is 5.26 Å². The second-order valence-corrected chi connectivity index (χ2v) is 4.64. The van der Waals surface area contributed by atoms with E-state index in [1.807, 2.05) is 13.8 Å². The molecule has 0 saturated carbocycles. The van der Waals surface area contributed by atoms with Gasteiger partial charge in [-0.25, -0.2) is 0 Å². The van der Waals surface area contributed by atoms with E-state index in [1.54, 1.807) is 0 Å². The normalized spacial score (nSPS) is 37.4. The summed E-state index contributed by atoms with van der Waals surface area (Å²) in [4.78, 5) is 0. The number of nitrogens with zero attached hydrogens (tertiary/aromatic N) is 1. The highest BCUT2D eigenvalue weighted by atomic mass is 79.9. The van der Waals surface area contributed by atoms with Crippen LogP contribution in [0, 0.1) is 16.7 Å². The van der Waals surface area contributed by atoms with Crippen molar-refractivity contribution in [1.82, 2.24) is 0 Å². The number of hydrogen-bond donors (Lipinski definition) is 0. The Morgan fingerprint density at radius 1 is 1.50 bits per heavy atom. The van der Waals surface area contributed by atoms with E-state index in [1.165, 1.54) is 0 Å². The van der Waals surface area contributed by atoms with Gasteiger partial charge in [0.25, 0.3) is 0 Å². The summed E-state index contributed by atoms with van der Waals surface area (Å²) >= 11 is 3.38. The third kappa shape index (κ3) is 0.959. The van der Waals surface area contributed by atoms with Crippen LogP contribution in [0.2, 0.25) is 0 Å². The third-order valence-electron chi connectivity index (χ3n) is 2.01. The summed E-state index contributed by atoms with van der Waals surface area (Å²) in [6.45, 7) is 5.21. The van der Waals surface area contributed by atoms with Crippen molar-refractivity contribution < 1.29 is 4.74 Å². The van der Waals surface area contributed by atoms with Crippen molar-refractivity contribution >= 4 is 15.9 Å². The van der Waals surface area contributed by atoms with Crippen molar-refractivity contribution in [3.63, 3.8) is 0 Å². The zero-order valence-corrected chi connectivity index (χ0v) is 7.73. The van der Waals surface area contributed by atoms with E-state index in [4.69, 9.17) is 10.00 Å². The second-order valence-electron chi connectivity index (χ2n) is 3.29. The van der Waals surface area contributed by atoms with Crippen LogP contribution in [0.1, 0.15) is 13.8 Å². The predicted octanol–water partition coefficient (Wildman–Crippen LogP) is 1.70. The van der Waals surface area contributed by atoms with Crippen molar-refractivity contribution in [3.8, 4) is 6.07 Å². The Hall–Kier alpha value is -0.0700. The van der Waals surface area contributed by atoms with E-state index < -0.39 is 4.32 Å². The van der Waals surface area contributed by atoms with Gasteiger partial charge < -0.3 is 4.74 Å². The lowest BCUT2D eigenvalue weighted by molar-refractivity contribution is 0.167. The zero-order valence-electron chi connectivity index (χ0n) is 6.15. The van der Waals surface area contributed by atoms with E-state index in [0.717, 1.165) is 0 Å². The van der Waals surface area contributed by atoms with E-state index in [9.17, 15) is 0 Å². The van der Waals surface area contributed by atoms with Gasteiger partial charge in [-0.15, -0.1) is 0 Å². The summed E-state index contributed by atoms with van der Waals surface area (Å²) in [5.41, 5.74) is -0.0677. The fraction of sp³-hybridized carbons (Fsp3) is 0.857. The Bertz CT molecular complexity index is 185. The number of ether oxygens (including phenoxy) is 1. The van der Waals surface area contributed by atoms with Gasteiger partial charge in [0.2, 0.25) is 0 Å². The van der Waals surface area contributed by atoms with Crippen LogP contribution >= 0.6 is 15.9 Å². The Morgan fingerprint density at radius 2 is 2.10 bits per heavy atom. The molecule has 0 bridgehead atoms. The first kappa shape index (κ1) is 8.03. The minimum absolute atomic E-state index is 0.0677. The van der Waals surface area contributed by atoms with Crippen molar-refractivity contribution in [2.24, 2.45) is 5.41 Å². The maximum atomic E-state index is 8.78. The third-order valence-corrected chi connectivity index (χ3v) is 3.49. The molecule has 0 spiro atoms. The average molecular weight is 204 g/mol. The molecule has 0 amide bonds. The monoisotopic (exact) mass is 203 g/mol. The van der Waals surface area contributed by atoms with Crippen LogP contribution < -0.4 is 0 Å². The topological polar surface area (TPSA) is 33.0 Å². The summed E-state index contributed by atoms with van der Waals surface area (Å²) in [7, 11) is 0. The zero-order chi connectivity index (χ0) is 7.83. The number of rotatable bonds is 0. The molecule has 1 fully saturated rings. The van der Waals surface area contributed by atoms with Gasteiger partial charge >= 0.3 is 0 Å². The van der Waals surface area contributed by atoms with Crippen molar-refractivity contribution in [2.75, 3.05) is 13.2 Å². The summed E-state index contributed by atoms with van der Waals surface area (Å²) in [5, 5.41) is 8.78. The first-order valence-corrected chi connectivity index (χ1v) is 3.99. The molecule has 10 heavy (non-hydrogen) atoms. The molecule has 3 heteroatoms. The molecule has 56 valence electrons. The Labute approximate surface area is 69.3 Å². The molecule has 0 aromatic rings. The fourth-order valence-corrected chi connectivity index (χ4v) is 1.22. The number of hydrogen-bond acceptors (Lipinski definition) is 2. The quantitative estimate of drug-likeness (QED) is 0.562. The highest BCUT2D eigenvalue weighted by Crippen LogP contribution is 2.43. The molecule has 0 radical (unpaired) electrons. The average Bonchev–Trinajstić information content (AvgIpc) is 2.10. The summed E-state index contributed by atoms with van der Waals surface area (Å²) < 4.78 is 4.72. The van der Waals surface area contributed by atoms with Gasteiger partial charge in [-0.2, -0.15) is 5.26 Å². The van der Waals surface area contributed by atoms with Gasteiger partial charge in [-0.05, 0) is 0 Å². The van der Waals surface area contributed by atoms with Crippen LogP contribution in [0.3, 0.4) is 0 Å². The minimum Gasteiger partial charge on any atom is -0.378 e. The molecule has 2 nitrogen and oxygen atoms in total. The molecular formula is C7H10BrNO. The summed E-state index contributed by atoms with van der Waals surface area (Å²) in [5.74, 6) is 0. The van der Waals surface area contributed by atoms with Crippen LogP contribution in [0.15, 0.2) is 0 Å². The summed E-state index contributed by atoms with van der Waals surface area (Å²) in [6, 6.07) is 2.22. The van der Waals surface area contributed by atoms with Gasteiger partial charge in [0.1, 0.15) is 4.32 Å². The molecule has 1 rings (SSSR count). The molecule has 1 heterocycles. The second kappa shape index (κ2) is 2.21. The van der Waals surface area contributed by atoms with E-state index in [-0.39, 0.29) is 5.41 Å². The van der Waals surface area contributed by atoms with Crippen molar-refractivity contribution in [2.45, 2.75) is 18.2 Å². The lowest BCUT2D eigenvalue weighted by atomic mass is 9.83. The molecule has 1 atom stereocenters. The smallest absolute Gasteiger partial charge is 0.142 e. The maximum absolute atomic E-state index is 8.78. The Kier molecular flexibility index (Phi) is 1.78. The molecule has 0 aliphatic carbocycles.